The summed E-state index contributed by atoms with van der Waals surface area (Å²) in [4.78, 5) is 3.94. The van der Waals surface area contributed by atoms with Crippen LogP contribution in [0.15, 0.2) is 24.5 Å². The quantitative estimate of drug-likeness (QED) is 0.850. The molecule has 2 heterocycles. The van der Waals surface area contributed by atoms with Gasteiger partial charge in [-0.05, 0) is 30.5 Å². The van der Waals surface area contributed by atoms with Crippen molar-refractivity contribution in [3.63, 3.8) is 0 Å². The van der Waals surface area contributed by atoms with E-state index in [1.54, 1.807) is 12.4 Å². The number of piperidine rings is 1. The van der Waals surface area contributed by atoms with Crippen molar-refractivity contribution < 1.29 is 13.5 Å². The minimum Gasteiger partial charge on any atom is -0.395 e. The van der Waals surface area contributed by atoms with Gasteiger partial charge in [0.2, 0.25) is 0 Å². The number of rotatable bonds is 6. The van der Waals surface area contributed by atoms with Crippen molar-refractivity contribution >= 4 is 10.2 Å². The van der Waals surface area contributed by atoms with Crippen molar-refractivity contribution in [2.24, 2.45) is 0 Å². The van der Waals surface area contributed by atoms with Crippen LogP contribution in [0.5, 0.6) is 0 Å². The highest BCUT2D eigenvalue weighted by molar-refractivity contribution is 7.86. The first-order valence-electron chi connectivity index (χ1n) is 7.36. The van der Waals surface area contributed by atoms with Crippen LogP contribution >= 0.6 is 0 Å². The average Bonchev–Trinajstić information content (AvgIpc) is 2.53. The molecule has 6 nitrogen and oxygen atoms in total. The Kier molecular flexibility index (Phi) is 5.69. The lowest BCUT2D eigenvalue weighted by Gasteiger charge is -2.36. The molecule has 7 heteroatoms. The predicted octanol–water partition coefficient (Wildman–Crippen LogP) is 0.995. The number of hydrogen-bond acceptors (Lipinski definition) is 4. The Morgan fingerprint density at radius 1 is 1.38 bits per heavy atom. The molecule has 0 bridgehead atoms. The van der Waals surface area contributed by atoms with E-state index < -0.39 is 10.2 Å². The summed E-state index contributed by atoms with van der Waals surface area (Å²) < 4.78 is 28.5. The van der Waals surface area contributed by atoms with Crippen LogP contribution in [0.4, 0.5) is 0 Å². The molecule has 0 radical (unpaired) electrons. The molecule has 1 aliphatic heterocycles. The predicted molar refractivity (Wildman–Crippen MR) is 80.7 cm³/mol. The molecule has 1 saturated heterocycles. The van der Waals surface area contributed by atoms with E-state index in [1.807, 2.05) is 19.1 Å². The standard InChI is InChI=1S/C14H23N3O3S/c1-2-16(11-13-6-8-15-9-7-13)21(19,20)17-10-4-3-5-14(17)12-18/h6-9,14,18H,2-5,10-12H2,1H3. The minimum atomic E-state index is -3.55. The van der Waals surface area contributed by atoms with Gasteiger partial charge < -0.3 is 5.11 Å². The second kappa shape index (κ2) is 7.31. The summed E-state index contributed by atoms with van der Waals surface area (Å²) in [6.07, 6.45) is 5.86. The number of hydrogen-bond donors (Lipinski definition) is 1. The monoisotopic (exact) mass is 313 g/mol. The van der Waals surface area contributed by atoms with Crippen molar-refractivity contribution in [3.8, 4) is 0 Å². The molecule has 1 aromatic rings. The molecule has 1 atom stereocenters. The molecule has 1 N–H and O–H groups in total. The SMILES string of the molecule is CCN(Cc1ccncc1)S(=O)(=O)N1CCCCC1CO. The van der Waals surface area contributed by atoms with Gasteiger partial charge in [0, 0.05) is 38.1 Å². The van der Waals surface area contributed by atoms with Gasteiger partial charge in [0.05, 0.1) is 6.61 Å². The Labute approximate surface area is 126 Å². The molecule has 118 valence electrons. The van der Waals surface area contributed by atoms with E-state index >= 15 is 0 Å². The van der Waals surface area contributed by atoms with Crippen LogP contribution in [0.25, 0.3) is 0 Å². The Hall–Kier alpha value is -1.02. The molecule has 0 aliphatic carbocycles. The maximum atomic E-state index is 12.8. The fourth-order valence-electron chi connectivity index (χ4n) is 2.66. The van der Waals surface area contributed by atoms with Gasteiger partial charge in [-0.3, -0.25) is 4.98 Å². The van der Waals surface area contributed by atoms with Crippen molar-refractivity contribution in [3.05, 3.63) is 30.1 Å². The van der Waals surface area contributed by atoms with Gasteiger partial charge in [-0.2, -0.15) is 17.0 Å². The Morgan fingerprint density at radius 2 is 2.10 bits per heavy atom. The molecule has 2 rings (SSSR count). The maximum absolute atomic E-state index is 12.8. The van der Waals surface area contributed by atoms with E-state index in [4.69, 9.17) is 0 Å². The second-order valence-electron chi connectivity index (χ2n) is 5.23. The van der Waals surface area contributed by atoms with Gasteiger partial charge in [0.15, 0.2) is 0 Å². The van der Waals surface area contributed by atoms with Crippen LogP contribution < -0.4 is 0 Å². The topological polar surface area (TPSA) is 73.7 Å². The highest BCUT2D eigenvalue weighted by Crippen LogP contribution is 2.23. The molecule has 0 aromatic carbocycles. The third kappa shape index (κ3) is 3.79. The summed E-state index contributed by atoms with van der Waals surface area (Å²) in [5.74, 6) is 0. The van der Waals surface area contributed by atoms with Crippen LogP contribution in [0.2, 0.25) is 0 Å². The van der Waals surface area contributed by atoms with E-state index in [0.29, 0.717) is 19.6 Å². The average molecular weight is 313 g/mol. The lowest BCUT2D eigenvalue weighted by atomic mass is 10.1. The molecular formula is C14H23N3O3S. The van der Waals surface area contributed by atoms with Crippen LogP contribution in [0.3, 0.4) is 0 Å². The summed E-state index contributed by atoms with van der Waals surface area (Å²) in [6, 6.07) is 3.34. The summed E-state index contributed by atoms with van der Waals surface area (Å²) in [5, 5.41) is 9.44. The fourth-order valence-corrected chi connectivity index (χ4v) is 4.50. The first-order chi connectivity index (χ1) is 10.1. The van der Waals surface area contributed by atoms with E-state index in [0.717, 1.165) is 24.8 Å². The third-order valence-electron chi connectivity index (χ3n) is 3.87. The molecule has 1 unspecified atom stereocenters. The van der Waals surface area contributed by atoms with Crippen LogP contribution in [-0.2, 0) is 16.8 Å². The molecule has 1 aromatic heterocycles. The second-order valence-corrected chi connectivity index (χ2v) is 7.11. The lowest BCUT2D eigenvalue weighted by molar-refractivity contribution is 0.147. The molecule has 0 saturated carbocycles. The number of aliphatic hydroxyl groups excluding tert-OH is 1. The maximum Gasteiger partial charge on any atom is 0.282 e. The van der Waals surface area contributed by atoms with E-state index in [-0.39, 0.29) is 12.6 Å². The van der Waals surface area contributed by atoms with Gasteiger partial charge in [0.1, 0.15) is 0 Å². The molecule has 0 spiro atoms. The van der Waals surface area contributed by atoms with Gasteiger partial charge in [-0.1, -0.05) is 13.3 Å². The molecular weight excluding hydrogens is 290 g/mol. The van der Waals surface area contributed by atoms with Gasteiger partial charge in [0.25, 0.3) is 10.2 Å². The lowest BCUT2D eigenvalue weighted by Crippen LogP contribution is -2.51. The summed E-state index contributed by atoms with van der Waals surface area (Å²) in [6.45, 7) is 2.93. The highest BCUT2D eigenvalue weighted by Gasteiger charge is 2.35. The number of nitrogens with zero attached hydrogens (tertiary/aromatic N) is 3. The minimum absolute atomic E-state index is 0.119. The summed E-state index contributed by atoms with van der Waals surface area (Å²) in [7, 11) is -3.55. The smallest absolute Gasteiger partial charge is 0.282 e. The first-order valence-corrected chi connectivity index (χ1v) is 8.76. The van der Waals surface area contributed by atoms with E-state index in [9.17, 15) is 13.5 Å². The van der Waals surface area contributed by atoms with Gasteiger partial charge in [-0.15, -0.1) is 0 Å². The number of aliphatic hydroxyl groups is 1. The van der Waals surface area contributed by atoms with Crippen molar-refractivity contribution in [2.75, 3.05) is 19.7 Å². The molecule has 0 amide bonds. The zero-order valence-corrected chi connectivity index (χ0v) is 13.2. The molecule has 21 heavy (non-hydrogen) atoms. The Balaban J connectivity index is 2.18. The summed E-state index contributed by atoms with van der Waals surface area (Å²) >= 11 is 0. The van der Waals surface area contributed by atoms with Gasteiger partial charge >= 0.3 is 0 Å². The number of pyridine rings is 1. The highest BCUT2D eigenvalue weighted by atomic mass is 32.2. The van der Waals surface area contributed by atoms with Crippen molar-refractivity contribution in [1.82, 2.24) is 13.6 Å². The Bertz CT molecular complexity index is 536. The van der Waals surface area contributed by atoms with Crippen molar-refractivity contribution in [1.29, 1.82) is 0 Å². The van der Waals surface area contributed by atoms with E-state index in [2.05, 4.69) is 4.98 Å². The van der Waals surface area contributed by atoms with Crippen molar-refractivity contribution in [2.45, 2.75) is 38.8 Å². The Morgan fingerprint density at radius 3 is 2.71 bits per heavy atom. The van der Waals surface area contributed by atoms with Crippen LogP contribution in [-0.4, -0.2) is 52.9 Å². The zero-order valence-electron chi connectivity index (χ0n) is 12.4. The fraction of sp³-hybridized carbons (Fsp3) is 0.643. The largest absolute Gasteiger partial charge is 0.395 e. The zero-order chi connectivity index (χ0) is 15.3. The van der Waals surface area contributed by atoms with Crippen LogP contribution in [0, 0.1) is 0 Å². The first kappa shape index (κ1) is 16.4. The normalized spacial score (nSPS) is 20.8. The number of aromatic nitrogens is 1. The van der Waals surface area contributed by atoms with Crippen LogP contribution in [0.1, 0.15) is 31.7 Å². The van der Waals surface area contributed by atoms with Gasteiger partial charge in [-0.25, -0.2) is 0 Å². The summed E-state index contributed by atoms with van der Waals surface area (Å²) in [5.41, 5.74) is 0.910. The van der Waals surface area contributed by atoms with E-state index in [1.165, 1.54) is 8.61 Å². The molecule has 1 fully saturated rings. The molecule has 1 aliphatic rings. The third-order valence-corrected chi connectivity index (χ3v) is 5.98.